The van der Waals surface area contributed by atoms with Crippen molar-refractivity contribution in [3.8, 4) is 0 Å². The first-order chi connectivity index (χ1) is 7.49. The second-order valence-electron chi connectivity index (χ2n) is 2.62. The first-order valence-electron chi connectivity index (χ1n) is 4.40. The summed E-state index contributed by atoms with van der Waals surface area (Å²) in [5, 5.41) is 0. The second-order valence-corrected chi connectivity index (χ2v) is 3.71. The van der Waals surface area contributed by atoms with Gasteiger partial charge in [0.25, 0.3) is 0 Å². The highest BCUT2D eigenvalue weighted by molar-refractivity contribution is 7.80. The normalized spacial score (nSPS) is 9.81. The third-order valence-corrected chi connectivity index (χ3v) is 1.80. The molecule has 0 aliphatic heterocycles. The lowest BCUT2D eigenvalue weighted by Crippen LogP contribution is -2.02. The van der Waals surface area contributed by atoms with E-state index in [1.165, 1.54) is 11.6 Å². The summed E-state index contributed by atoms with van der Waals surface area (Å²) in [7, 11) is -4.26. The summed E-state index contributed by atoms with van der Waals surface area (Å²) in [5.74, 6) is 0. The van der Waals surface area contributed by atoms with Gasteiger partial charge in [-0.3, -0.25) is 4.55 Å². The molecule has 0 heterocycles. The molecule has 88 valence electrons. The maximum absolute atomic E-state index is 9.68. The van der Waals surface area contributed by atoms with Crippen molar-refractivity contribution in [2.45, 2.75) is 0 Å². The zero-order valence-corrected chi connectivity index (χ0v) is 9.56. The highest BCUT2D eigenvalue weighted by Crippen LogP contribution is 1.97. The van der Waals surface area contributed by atoms with Crippen LogP contribution in [-0.2, 0) is 14.6 Å². The Morgan fingerprint density at radius 1 is 1.25 bits per heavy atom. The van der Waals surface area contributed by atoms with E-state index in [0.29, 0.717) is 0 Å². The highest BCUT2D eigenvalue weighted by Gasteiger charge is 1.99. The van der Waals surface area contributed by atoms with Crippen LogP contribution >= 0.6 is 0 Å². The Morgan fingerprint density at radius 3 is 2.06 bits per heavy atom. The smallest absolute Gasteiger partial charge is 0.264 e. The van der Waals surface area contributed by atoms with Crippen LogP contribution in [0.5, 0.6) is 0 Å². The monoisotopic (exact) mass is 242 g/mol. The summed E-state index contributed by atoms with van der Waals surface area (Å²) in [6, 6.07) is 10.0. The first-order valence-corrected chi connectivity index (χ1v) is 5.76. The molecule has 1 aromatic carbocycles. The molecule has 0 aliphatic rings. The molecule has 0 aliphatic carbocycles. The predicted octanol–water partition coefficient (Wildman–Crippen LogP) is 2.32. The zero-order valence-electron chi connectivity index (χ0n) is 8.74. The Hall–Kier alpha value is -1.43. The van der Waals surface area contributed by atoms with Gasteiger partial charge in [0.1, 0.15) is 0 Å². The Balaban J connectivity index is 0.000000281. The number of rotatable bonds is 4. The Kier molecular flexibility index (Phi) is 7.11. The molecule has 0 atom stereocenters. The molecule has 0 aromatic heterocycles. The largest absolute Gasteiger partial charge is 0.397 e. The van der Waals surface area contributed by atoms with Crippen molar-refractivity contribution >= 4 is 16.5 Å². The van der Waals surface area contributed by atoms with E-state index in [9.17, 15) is 8.42 Å². The van der Waals surface area contributed by atoms with Gasteiger partial charge in [-0.1, -0.05) is 49.1 Å². The summed E-state index contributed by atoms with van der Waals surface area (Å²) in [6.45, 7) is 6.60. The van der Waals surface area contributed by atoms with E-state index in [1.54, 1.807) is 0 Å². The molecular weight excluding hydrogens is 228 g/mol. The topological polar surface area (TPSA) is 63.6 Å². The lowest BCUT2D eigenvalue weighted by molar-refractivity contribution is 0.296. The summed E-state index contributed by atoms with van der Waals surface area (Å²) in [5.41, 5.74) is 1.17. The number of hydrogen-bond donors (Lipinski definition) is 1. The van der Waals surface area contributed by atoms with Crippen LogP contribution in [0.15, 0.2) is 49.6 Å². The van der Waals surface area contributed by atoms with Gasteiger partial charge in [-0.25, -0.2) is 4.18 Å². The van der Waals surface area contributed by atoms with Gasteiger partial charge in [-0.2, -0.15) is 8.42 Å². The van der Waals surface area contributed by atoms with E-state index in [2.05, 4.69) is 17.3 Å². The van der Waals surface area contributed by atoms with Crippen LogP contribution in [0, 0.1) is 0 Å². The lowest BCUT2D eigenvalue weighted by atomic mass is 10.2. The van der Waals surface area contributed by atoms with Crippen molar-refractivity contribution in [2.75, 3.05) is 6.61 Å². The minimum Gasteiger partial charge on any atom is -0.264 e. The molecule has 0 fully saturated rings. The molecule has 1 aromatic rings. The van der Waals surface area contributed by atoms with Crippen LogP contribution in [-0.4, -0.2) is 19.6 Å². The summed E-state index contributed by atoms with van der Waals surface area (Å²) >= 11 is 0. The van der Waals surface area contributed by atoms with E-state index < -0.39 is 10.4 Å². The van der Waals surface area contributed by atoms with Crippen molar-refractivity contribution in [1.29, 1.82) is 0 Å². The predicted molar refractivity (Wildman–Crippen MR) is 64.2 cm³/mol. The average molecular weight is 242 g/mol. The summed E-state index contributed by atoms with van der Waals surface area (Å²) < 4.78 is 31.0. The zero-order chi connectivity index (χ0) is 12.4. The Labute approximate surface area is 95.8 Å². The van der Waals surface area contributed by atoms with Gasteiger partial charge in [0, 0.05) is 0 Å². The van der Waals surface area contributed by atoms with Gasteiger partial charge in [-0.05, 0) is 5.56 Å². The fourth-order valence-corrected chi connectivity index (χ4v) is 0.991. The Morgan fingerprint density at radius 2 is 1.81 bits per heavy atom. The van der Waals surface area contributed by atoms with Gasteiger partial charge < -0.3 is 0 Å². The molecule has 0 saturated heterocycles. The maximum Gasteiger partial charge on any atom is 0.397 e. The number of hydrogen-bond acceptors (Lipinski definition) is 3. The third-order valence-electron chi connectivity index (χ3n) is 1.37. The molecule has 0 saturated carbocycles. The average Bonchev–Trinajstić information content (AvgIpc) is 2.27. The molecule has 4 nitrogen and oxygen atoms in total. The van der Waals surface area contributed by atoms with E-state index in [1.807, 2.05) is 36.4 Å². The molecule has 0 spiro atoms. The molecule has 16 heavy (non-hydrogen) atoms. The first kappa shape index (κ1) is 14.6. The fraction of sp³-hybridized carbons (Fsp3) is 0.0909. The highest BCUT2D eigenvalue weighted by atomic mass is 32.3. The molecule has 1 rings (SSSR count). The SMILES string of the molecule is C=CCOS(=O)(=O)O.C=Cc1ccccc1. The molecule has 0 unspecified atom stereocenters. The van der Waals surface area contributed by atoms with Gasteiger partial charge in [0.2, 0.25) is 0 Å². The molecule has 0 radical (unpaired) electrons. The van der Waals surface area contributed by atoms with E-state index in [4.69, 9.17) is 4.55 Å². The second kappa shape index (κ2) is 7.81. The van der Waals surface area contributed by atoms with Crippen molar-refractivity contribution in [3.05, 3.63) is 55.1 Å². The summed E-state index contributed by atoms with van der Waals surface area (Å²) in [4.78, 5) is 0. The number of benzene rings is 1. The molecule has 1 N–H and O–H groups in total. The van der Waals surface area contributed by atoms with Crippen LogP contribution in [0.4, 0.5) is 0 Å². The summed E-state index contributed by atoms with van der Waals surface area (Å²) in [6.07, 6.45) is 3.05. The van der Waals surface area contributed by atoms with E-state index in [0.717, 1.165) is 0 Å². The van der Waals surface area contributed by atoms with Crippen molar-refractivity contribution in [1.82, 2.24) is 0 Å². The van der Waals surface area contributed by atoms with Gasteiger partial charge in [0.15, 0.2) is 0 Å². The van der Waals surface area contributed by atoms with Crippen molar-refractivity contribution in [2.24, 2.45) is 0 Å². The molecule has 0 amide bonds. The lowest BCUT2D eigenvalue weighted by Gasteiger charge is -1.90. The fourth-order valence-electron chi connectivity index (χ4n) is 0.723. The molecular formula is C11H14O4S. The van der Waals surface area contributed by atoms with Crippen LogP contribution < -0.4 is 0 Å². The van der Waals surface area contributed by atoms with Crippen LogP contribution in [0.25, 0.3) is 6.08 Å². The quantitative estimate of drug-likeness (QED) is 0.650. The minimum absolute atomic E-state index is 0.196. The van der Waals surface area contributed by atoms with Gasteiger partial charge in [-0.15, -0.1) is 6.58 Å². The van der Waals surface area contributed by atoms with Crippen molar-refractivity contribution < 1.29 is 17.2 Å². The van der Waals surface area contributed by atoms with Gasteiger partial charge in [0.05, 0.1) is 6.61 Å². The third kappa shape index (κ3) is 9.14. The van der Waals surface area contributed by atoms with E-state index in [-0.39, 0.29) is 6.61 Å². The van der Waals surface area contributed by atoms with E-state index >= 15 is 0 Å². The van der Waals surface area contributed by atoms with Crippen LogP contribution in [0.3, 0.4) is 0 Å². The minimum atomic E-state index is -4.26. The molecule has 0 bridgehead atoms. The Bertz CT molecular complexity index is 409. The van der Waals surface area contributed by atoms with Gasteiger partial charge >= 0.3 is 10.4 Å². The van der Waals surface area contributed by atoms with Crippen LogP contribution in [0.1, 0.15) is 5.56 Å². The van der Waals surface area contributed by atoms with Crippen LogP contribution in [0.2, 0.25) is 0 Å². The standard InChI is InChI=1S/C8H8.C3H6O4S/c1-2-8-6-4-3-5-7-8;1-2-3-7-8(4,5)6/h2-7H,1H2;2H,1,3H2,(H,4,5,6). The van der Waals surface area contributed by atoms with Crippen molar-refractivity contribution in [3.63, 3.8) is 0 Å². The molecule has 5 heteroatoms. The maximum atomic E-state index is 9.68.